The number of nitrogens with one attached hydrogen (secondary N) is 1. The lowest BCUT2D eigenvalue weighted by molar-refractivity contribution is -0.385. The third kappa shape index (κ3) is 4.01. The summed E-state index contributed by atoms with van der Waals surface area (Å²) >= 11 is 0. The molecule has 0 spiro atoms. The fourth-order valence-electron chi connectivity index (χ4n) is 1.99. The van der Waals surface area contributed by atoms with Gasteiger partial charge in [0.1, 0.15) is 0 Å². The number of carbonyl (C=O) groups is 1. The number of likely N-dealkylation sites (N-methyl/N-ethyl adjacent to an activating group) is 1. The number of carboxylic acids is 1. The number of carboxylic acid groups (broad SMARTS) is 1. The number of benzene rings is 1. The lowest BCUT2D eigenvalue weighted by atomic mass is 9.98. The van der Waals surface area contributed by atoms with Crippen LogP contribution >= 0.6 is 0 Å². The maximum atomic E-state index is 10.9. The number of nitro groups is 1. The van der Waals surface area contributed by atoms with Crippen LogP contribution in [0.2, 0.25) is 0 Å². The van der Waals surface area contributed by atoms with Crippen molar-refractivity contribution in [3.63, 3.8) is 0 Å². The van der Waals surface area contributed by atoms with Crippen LogP contribution in [0.3, 0.4) is 0 Å². The number of nitrogens with zero attached hydrogens (tertiary/aromatic N) is 1. The van der Waals surface area contributed by atoms with Gasteiger partial charge >= 0.3 is 5.97 Å². The highest BCUT2D eigenvalue weighted by atomic mass is 16.6. The molecule has 7 nitrogen and oxygen atoms in total. The zero-order valence-corrected chi connectivity index (χ0v) is 11.4. The summed E-state index contributed by atoms with van der Waals surface area (Å²) in [6.45, 7) is 3.88. The molecule has 0 saturated carbocycles. The van der Waals surface area contributed by atoms with Crippen LogP contribution in [-0.2, 0) is 4.79 Å². The van der Waals surface area contributed by atoms with Gasteiger partial charge in [0, 0.05) is 17.7 Å². The number of nitro benzene ring substituents is 1. The lowest BCUT2D eigenvalue weighted by Crippen LogP contribution is -2.36. The molecule has 0 fully saturated rings. The average molecular weight is 282 g/mol. The first-order valence-electron chi connectivity index (χ1n) is 6.25. The Balaban J connectivity index is 3.04. The molecule has 110 valence electrons. The lowest BCUT2D eigenvalue weighted by Gasteiger charge is -2.22. The highest BCUT2D eigenvalue weighted by Gasteiger charge is 2.24. The van der Waals surface area contributed by atoms with Crippen molar-refractivity contribution in [1.82, 2.24) is 5.32 Å². The molecule has 1 rings (SSSR count). The van der Waals surface area contributed by atoms with Gasteiger partial charge in [0.25, 0.3) is 5.69 Å². The van der Waals surface area contributed by atoms with E-state index < -0.39 is 23.0 Å². The van der Waals surface area contributed by atoms with Crippen LogP contribution in [0.4, 0.5) is 5.69 Å². The van der Waals surface area contributed by atoms with Gasteiger partial charge in [-0.05, 0) is 19.0 Å². The Kier molecular flexibility index (Phi) is 5.60. The highest BCUT2D eigenvalue weighted by Crippen LogP contribution is 2.26. The van der Waals surface area contributed by atoms with E-state index in [1.807, 2.05) is 0 Å². The number of aliphatic carboxylic acids is 1. The van der Waals surface area contributed by atoms with E-state index in [1.165, 1.54) is 6.07 Å². The molecule has 0 bridgehead atoms. The van der Waals surface area contributed by atoms with Crippen molar-refractivity contribution in [3.05, 3.63) is 39.4 Å². The molecule has 7 heteroatoms. The molecule has 0 aliphatic heterocycles. The second-order valence-electron chi connectivity index (χ2n) is 4.51. The van der Waals surface area contributed by atoms with E-state index in [1.54, 1.807) is 26.0 Å². The first-order valence-corrected chi connectivity index (χ1v) is 6.25. The predicted molar refractivity (Wildman–Crippen MR) is 72.5 cm³/mol. The minimum atomic E-state index is -1.12. The van der Waals surface area contributed by atoms with E-state index in [-0.39, 0.29) is 12.1 Å². The van der Waals surface area contributed by atoms with Gasteiger partial charge in [-0.15, -0.1) is 0 Å². The van der Waals surface area contributed by atoms with Crippen molar-refractivity contribution in [3.8, 4) is 0 Å². The van der Waals surface area contributed by atoms with Crippen molar-refractivity contribution in [1.29, 1.82) is 0 Å². The maximum absolute atomic E-state index is 10.9. The quantitative estimate of drug-likeness (QED) is 0.514. The summed E-state index contributed by atoms with van der Waals surface area (Å²) in [6.07, 6.45) is -1.39. The van der Waals surface area contributed by atoms with Gasteiger partial charge in [-0.1, -0.05) is 19.1 Å². The largest absolute Gasteiger partial charge is 0.481 e. The minimum absolute atomic E-state index is 0.0906. The van der Waals surface area contributed by atoms with E-state index in [0.29, 0.717) is 17.7 Å². The minimum Gasteiger partial charge on any atom is -0.481 e. The maximum Gasteiger partial charge on any atom is 0.305 e. The van der Waals surface area contributed by atoms with Crippen molar-refractivity contribution in [2.24, 2.45) is 0 Å². The van der Waals surface area contributed by atoms with Crippen LogP contribution in [-0.4, -0.2) is 33.7 Å². The van der Waals surface area contributed by atoms with Gasteiger partial charge in [0.05, 0.1) is 17.4 Å². The molecule has 3 N–H and O–H groups in total. The molecule has 20 heavy (non-hydrogen) atoms. The Morgan fingerprint density at radius 3 is 2.65 bits per heavy atom. The number of hydrogen-bond donors (Lipinski definition) is 3. The van der Waals surface area contributed by atoms with Gasteiger partial charge < -0.3 is 15.5 Å². The molecule has 0 saturated heterocycles. The van der Waals surface area contributed by atoms with Crippen LogP contribution in [0.1, 0.15) is 30.6 Å². The fraction of sp³-hybridized carbons (Fsp3) is 0.462. The van der Waals surface area contributed by atoms with Gasteiger partial charge in [0.2, 0.25) is 0 Å². The molecule has 2 atom stereocenters. The molecular formula is C13H18N2O5. The molecule has 2 unspecified atom stereocenters. The monoisotopic (exact) mass is 282 g/mol. The number of aliphatic hydroxyl groups is 1. The summed E-state index contributed by atoms with van der Waals surface area (Å²) in [6, 6.07) is 3.70. The SMILES string of the molecule is CCNC(CC(=O)O)C(O)c1ccc(C)c([N+](=O)[O-])c1. The van der Waals surface area contributed by atoms with Crippen molar-refractivity contribution >= 4 is 11.7 Å². The van der Waals surface area contributed by atoms with E-state index >= 15 is 0 Å². The summed E-state index contributed by atoms with van der Waals surface area (Å²) < 4.78 is 0. The zero-order chi connectivity index (χ0) is 15.3. The Morgan fingerprint density at radius 2 is 2.15 bits per heavy atom. The van der Waals surface area contributed by atoms with Crippen LogP contribution < -0.4 is 5.32 Å². The number of aliphatic hydroxyl groups excluding tert-OH is 1. The normalized spacial score (nSPS) is 13.8. The van der Waals surface area contributed by atoms with Gasteiger partial charge in [-0.3, -0.25) is 14.9 Å². The first kappa shape index (κ1) is 16.1. The fourth-order valence-corrected chi connectivity index (χ4v) is 1.99. The summed E-state index contributed by atoms with van der Waals surface area (Å²) in [5.41, 5.74) is 0.728. The van der Waals surface area contributed by atoms with Crippen LogP contribution in [0.15, 0.2) is 18.2 Å². The summed E-state index contributed by atoms with van der Waals surface area (Å²) in [5.74, 6) is -1.04. The van der Waals surface area contributed by atoms with Gasteiger partial charge in [0.15, 0.2) is 0 Å². The number of rotatable bonds is 7. The highest BCUT2D eigenvalue weighted by molar-refractivity contribution is 5.67. The van der Waals surface area contributed by atoms with Crippen LogP contribution in [0.5, 0.6) is 0 Å². The molecule has 1 aromatic carbocycles. The van der Waals surface area contributed by atoms with Crippen molar-refractivity contribution in [2.75, 3.05) is 6.54 Å². The second kappa shape index (κ2) is 6.97. The third-order valence-electron chi connectivity index (χ3n) is 3.01. The average Bonchev–Trinajstić information content (AvgIpc) is 2.37. The predicted octanol–water partition coefficient (Wildman–Crippen LogP) is 1.39. The van der Waals surface area contributed by atoms with E-state index in [4.69, 9.17) is 5.11 Å². The Bertz CT molecular complexity index is 504. The summed E-state index contributed by atoms with van der Waals surface area (Å²) in [7, 11) is 0. The Morgan fingerprint density at radius 1 is 1.50 bits per heavy atom. The van der Waals surface area contributed by atoms with E-state index in [0.717, 1.165) is 0 Å². The van der Waals surface area contributed by atoms with E-state index in [2.05, 4.69) is 5.32 Å². The standard InChI is InChI=1S/C13H18N2O5/c1-3-14-10(7-12(16)17)13(18)9-5-4-8(2)11(6-9)15(19)20/h4-6,10,13-14,18H,3,7H2,1-2H3,(H,16,17). The van der Waals surface area contributed by atoms with Crippen LogP contribution in [0, 0.1) is 17.0 Å². The molecular weight excluding hydrogens is 264 g/mol. The topological polar surface area (TPSA) is 113 Å². The molecule has 0 radical (unpaired) electrons. The van der Waals surface area contributed by atoms with Gasteiger partial charge in [-0.25, -0.2) is 0 Å². The smallest absolute Gasteiger partial charge is 0.305 e. The molecule has 0 amide bonds. The number of aryl methyl sites for hydroxylation is 1. The number of hydrogen-bond acceptors (Lipinski definition) is 5. The third-order valence-corrected chi connectivity index (χ3v) is 3.01. The first-order chi connectivity index (χ1) is 9.36. The molecule has 0 aliphatic carbocycles. The molecule has 0 aliphatic rings. The molecule has 1 aromatic rings. The van der Waals surface area contributed by atoms with Crippen molar-refractivity contribution < 1.29 is 19.9 Å². The Labute approximate surface area is 116 Å². The Hall–Kier alpha value is -1.99. The van der Waals surface area contributed by atoms with E-state index in [9.17, 15) is 20.0 Å². The van der Waals surface area contributed by atoms with Crippen molar-refractivity contribution in [2.45, 2.75) is 32.4 Å². The van der Waals surface area contributed by atoms with Gasteiger partial charge in [-0.2, -0.15) is 0 Å². The van der Waals surface area contributed by atoms with Crippen LogP contribution in [0.25, 0.3) is 0 Å². The summed E-state index contributed by atoms with van der Waals surface area (Å²) in [5, 5.41) is 32.8. The molecule has 0 aromatic heterocycles. The summed E-state index contributed by atoms with van der Waals surface area (Å²) in [4.78, 5) is 21.2. The molecule has 0 heterocycles. The zero-order valence-electron chi connectivity index (χ0n) is 11.4. The second-order valence-corrected chi connectivity index (χ2v) is 4.51.